The number of hydrogen-bond acceptors (Lipinski definition) is 4. The number of rotatable bonds is 6. The second-order valence-corrected chi connectivity index (χ2v) is 5.84. The number of hydrogen-bond donors (Lipinski definition) is 1. The van der Waals surface area contributed by atoms with Crippen LogP contribution in [0.3, 0.4) is 0 Å². The van der Waals surface area contributed by atoms with Gasteiger partial charge in [-0.15, -0.1) is 0 Å². The number of aromatic nitrogens is 2. The largest absolute Gasteiger partial charge is 0.497 e. The maximum Gasteiger partial charge on any atom is 0.274 e. The van der Waals surface area contributed by atoms with Crippen LogP contribution < -0.4 is 14.8 Å². The number of ether oxygens (including phenoxy) is 2. The monoisotopic (exact) mass is 357 g/mol. The Bertz CT molecular complexity index is 930. The Morgan fingerprint density at radius 3 is 2.50 bits per heavy atom. The van der Waals surface area contributed by atoms with Gasteiger partial charge in [-0.1, -0.05) is 6.07 Å². The normalized spacial score (nSPS) is 10.8. The van der Waals surface area contributed by atoms with Crippen molar-refractivity contribution in [3.05, 3.63) is 59.3 Å². The second kappa shape index (κ2) is 7.43. The first-order valence-electron chi connectivity index (χ1n) is 8.17. The number of imidazole rings is 1. The van der Waals surface area contributed by atoms with Crippen molar-refractivity contribution < 1.29 is 18.7 Å². The number of nitrogens with zero attached hydrogens (tertiary/aromatic N) is 2. The van der Waals surface area contributed by atoms with E-state index in [2.05, 4.69) is 10.3 Å². The van der Waals surface area contributed by atoms with Crippen molar-refractivity contribution in [1.29, 1.82) is 0 Å². The maximum atomic E-state index is 14.5. The van der Waals surface area contributed by atoms with Gasteiger partial charge in [0.05, 0.1) is 14.2 Å². The summed E-state index contributed by atoms with van der Waals surface area (Å²) in [7, 11) is 3.16. The maximum absolute atomic E-state index is 14.5. The summed E-state index contributed by atoms with van der Waals surface area (Å²) in [5.74, 6) is 0.152. The lowest BCUT2D eigenvalue weighted by atomic mass is 10.1. The van der Waals surface area contributed by atoms with Crippen LogP contribution in [0, 0.1) is 12.9 Å². The molecule has 2 aromatic heterocycles. The van der Waals surface area contributed by atoms with Crippen molar-refractivity contribution in [2.24, 2.45) is 0 Å². The van der Waals surface area contributed by atoms with Crippen molar-refractivity contribution in [3.8, 4) is 11.5 Å². The zero-order valence-corrected chi connectivity index (χ0v) is 14.9. The molecule has 0 saturated heterocycles. The SMILES string of the molecule is COc1cc(CCNC(=O)c2nc3cccc(C)n3c2F)cc(OC)c1. The van der Waals surface area contributed by atoms with Crippen LogP contribution in [-0.2, 0) is 6.42 Å². The fourth-order valence-electron chi connectivity index (χ4n) is 2.77. The molecule has 0 aliphatic rings. The van der Waals surface area contributed by atoms with E-state index >= 15 is 0 Å². The molecule has 3 aromatic rings. The van der Waals surface area contributed by atoms with Crippen molar-refractivity contribution in [1.82, 2.24) is 14.7 Å². The minimum Gasteiger partial charge on any atom is -0.497 e. The topological polar surface area (TPSA) is 64.9 Å². The predicted octanol–water partition coefficient (Wildman–Crippen LogP) is 2.77. The first kappa shape index (κ1) is 17.7. The van der Waals surface area contributed by atoms with Crippen LogP contribution in [0.25, 0.3) is 5.65 Å². The smallest absolute Gasteiger partial charge is 0.274 e. The van der Waals surface area contributed by atoms with E-state index in [1.54, 1.807) is 45.4 Å². The molecule has 3 rings (SSSR count). The van der Waals surface area contributed by atoms with E-state index in [9.17, 15) is 9.18 Å². The van der Waals surface area contributed by atoms with Gasteiger partial charge in [-0.25, -0.2) is 4.98 Å². The lowest BCUT2D eigenvalue weighted by Crippen LogP contribution is -2.27. The van der Waals surface area contributed by atoms with Gasteiger partial charge in [-0.05, 0) is 43.2 Å². The molecule has 0 bridgehead atoms. The van der Waals surface area contributed by atoms with Gasteiger partial charge in [-0.3, -0.25) is 9.20 Å². The molecular weight excluding hydrogens is 337 g/mol. The van der Waals surface area contributed by atoms with Gasteiger partial charge in [0.15, 0.2) is 5.69 Å². The fourth-order valence-corrected chi connectivity index (χ4v) is 2.77. The molecule has 26 heavy (non-hydrogen) atoms. The highest BCUT2D eigenvalue weighted by atomic mass is 19.1. The Morgan fingerprint density at radius 2 is 1.88 bits per heavy atom. The van der Waals surface area contributed by atoms with E-state index in [0.717, 1.165) is 5.56 Å². The van der Waals surface area contributed by atoms with E-state index in [1.807, 2.05) is 12.1 Å². The summed E-state index contributed by atoms with van der Waals surface area (Å²) >= 11 is 0. The molecule has 0 saturated carbocycles. The average Bonchev–Trinajstić information content (AvgIpc) is 2.99. The number of amides is 1. The van der Waals surface area contributed by atoms with E-state index in [1.165, 1.54) is 4.40 Å². The minimum atomic E-state index is -0.654. The first-order valence-corrected chi connectivity index (χ1v) is 8.17. The number of carbonyl (C=O) groups excluding carboxylic acids is 1. The second-order valence-electron chi connectivity index (χ2n) is 5.84. The molecule has 136 valence electrons. The number of methoxy groups -OCH3 is 2. The summed E-state index contributed by atoms with van der Waals surface area (Å²) in [6, 6.07) is 10.7. The summed E-state index contributed by atoms with van der Waals surface area (Å²) < 4.78 is 26.3. The minimum absolute atomic E-state index is 0.206. The van der Waals surface area contributed by atoms with Crippen LogP contribution in [0.15, 0.2) is 36.4 Å². The van der Waals surface area contributed by atoms with Crippen LogP contribution >= 0.6 is 0 Å². The Morgan fingerprint density at radius 1 is 1.19 bits per heavy atom. The van der Waals surface area contributed by atoms with Gasteiger partial charge in [0.1, 0.15) is 17.1 Å². The number of aryl methyl sites for hydroxylation is 1. The Labute approximate surface area is 150 Å². The molecule has 0 atom stereocenters. The molecule has 0 aliphatic carbocycles. The molecule has 2 heterocycles. The zero-order chi connectivity index (χ0) is 18.7. The number of carbonyl (C=O) groups is 1. The van der Waals surface area contributed by atoms with Crippen LogP contribution in [-0.4, -0.2) is 36.1 Å². The van der Waals surface area contributed by atoms with Crippen LogP contribution in [0.4, 0.5) is 4.39 Å². The zero-order valence-electron chi connectivity index (χ0n) is 14.9. The average molecular weight is 357 g/mol. The van der Waals surface area contributed by atoms with Gasteiger partial charge in [-0.2, -0.15) is 4.39 Å². The quantitative estimate of drug-likeness (QED) is 0.737. The molecule has 0 aliphatic heterocycles. The molecule has 1 amide bonds. The van der Waals surface area contributed by atoms with Gasteiger partial charge in [0.25, 0.3) is 5.91 Å². The van der Waals surface area contributed by atoms with Crippen LogP contribution in [0.2, 0.25) is 0 Å². The van der Waals surface area contributed by atoms with E-state index < -0.39 is 11.9 Å². The highest BCUT2D eigenvalue weighted by molar-refractivity contribution is 5.93. The Hall–Kier alpha value is -3.09. The number of benzene rings is 1. The Balaban J connectivity index is 1.70. The molecule has 0 radical (unpaired) electrons. The molecule has 1 N–H and O–H groups in total. The van der Waals surface area contributed by atoms with Crippen molar-refractivity contribution in [3.63, 3.8) is 0 Å². The number of pyridine rings is 1. The van der Waals surface area contributed by atoms with Crippen molar-refractivity contribution in [2.45, 2.75) is 13.3 Å². The summed E-state index contributed by atoms with van der Waals surface area (Å²) in [5, 5.41) is 2.71. The van der Waals surface area contributed by atoms with Crippen molar-refractivity contribution in [2.75, 3.05) is 20.8 Å². The molecule has 0 fully saturated rings. The molecule has 1 aromatic carbocycles. The highest BCUT2D eigenvalue weighted by Gasteiger charge is 2.19. The summed E-state index contributed by atoms with van der Waals surface area (Å²) in [5.41, 5.74) is 1.82. The van der Waals surface area contributed by atoms with Crippen LogP contribution in [0.1, 0.15) is 21.7 Å². The number of halogens is 1. The fraction of sp³-hybridized carbons (Fsp3) is 0.263. The number of fused-ring (bicyclic) bond motifs is 1. The molecule has 6 nitrogen and oxygen atoms in total. The predicted molar refractivity (Wildman–Crippen MR) is 95.5 cm³/mol. The summed E-state index contributed by atoms with van der Waals surface area (Å²) in [4.78, 5) is 16.4. The van der Waals surface area contributed by atoms with Gasteiger partial charge in [0, 0.05) is 18.3 Å². The standard InChI is InChI=1S/C19H20FN3O3/c1-12-5-4-6-16-22-17(18(20)23(12)16)19(24)21-8-7-13-9-14(25-2)11-15(10-13)26-3/h4-6,9-11H,7-8H2,1-3H3,(H,21,24). The summed E-state index contributed by atoms with van der Waals surface area (Å²) in [6.45, 7) is 2.09. The highest BCUT2D eigenvalue weighted by Crippen LogP contribution is 2.22. The third-order valence-electron chi connectivity index (χ3n) is 4.11. The van der Waals surface area contributed by atoms with Gasteiger partial charge >= 0.3 is 0 Å². The molecular formula is C19H20FN3O3. The van der Waals surface area contributed by atoms with Crippen LogP contribution in [0.5, 0.6) is 11.5 Å². The van der Waals surface area contributed by atoms with Gasteiger partial charge < -0.3 is 14.8 Å². The molecule has 0 spiro atoms. The van der Waals surface area contributed by atoms with E-state index in [0.29, 0.717) is 35.8 Å². The lowest BCUT2D eigenvalue weighted by Gasteiger charge is -2.09. The third-order valence-corrected chi connectivity index (χ3v) is 4.11. The summed E-state index contributed by atoms with van der Waals surface area (Å²) in [6.07, 6.45) is 0.549. The van der Waals surface area contributed by atoms with E-state index in [4.69, 9.17) is 9.47 Å². The van der Waals surface area contributed by atoms with Gasteiger partial charge in [0.2, 0.25) is 5.95 Å². The van der Waals surface area contributed by atoms with Crippen molar-refractivity contribution >= 4 is 11.6 Å². The lowest BCUT2D eigenvalue weighted by molar-refractivity contribution is 0.0945. The molecule has 7 heteroatoms. The number of nitrogens with one attached hydrogen (secondary N) is 1. The third kappa shape index (κ3) is 3.46. The van der Waals surface area contributed by atoms with E-state index in [-0.39, 0.29) is 5.69 Å². The first-order chi connectivity index (χ1) is 12.5. The molecule has 0 unspecified atom stereocenters. The Kier molecular flexibility index (Phi) is 5.06.